The van der Waals surface area contributed by atoms with Gasteiger partial charge in [-0.3, -0.25) is 0 Å². The van der Waals surface area contributed by atoms with E-state index < -0.39 is 0 Å². The SMILES string of the molecule is CCn1c2ccccc2c2cccc(-c3ccc4c(c3)N(c3ccccc3)c3ccccc3C4)c21. The fraction of sp³-hybridized carbons (Fsp3) is 0.0909. The van der Waals surface area contributed by atoms with Crippen molar-refractivity contribution in [3.63, 3.8) is 0 Å². The molecule has 0 radical (unpaired) electrons. The molecule has 0 aliphatic carbocycles. The van der Waals surface area contributed by atoms with Crippen LogP contribution in [0.15, 0.2) is 115 Å². The van der Waals surface area contributed by atoms with Crippen molar-refractivity contribution in [3.8, 4) is 11.1 Å². The van der Waals surface area contributed by atoms with Crippen LogP contribution in [0.2, 0.25) is 0 Å². The number of aryl methyl sites for hydroxylation is 1. The van der Waals surface area contributed by atoms with Gasteiger partial charge in [0.2, 0.25) is 0 Å². The smallest absolute Gasteiger partial charge is 0.0570 e. The summed E-state index contributed by atoms with van der Waals surface area (Å²) in [5.74, 6) is 0. The lowest BCUT2D eigenvalue weighted by Gasteiger charge is -2.34. The molecule has 0 fully saturated rings. The highest BCUT2D eigenvalue weighted by molar-refractivity contribution is 6.12. The number of nitrogens with zero attached hydrogens (tertiary/aromatic N) is 2. The van der Waals surface area contributed by atoms with Gasteiger partial charge in [-0.05, 0) is 53.9 Å². The lowest BCUT2D eigenvalue weighted by molar-refractivity contribution is 0.828. The van der Waals surface area contributed by atoms with E-state index in [1.54, 1.807) is 0 Å². The maximum atomic E-state index is 2.46. The van der Waals surface area contributed by atoms with Crippen molar-refractivity contribution in [2.45, 2.75) is 19.9 Å². The van der Waals surface area contributed by atoms with Crippen LogP contribution < -0.4 is 4.90 Å². The van der Waals surface area contributed by atoms with Gasteiger partial charge < -0.3 is 9.47 Å². The van der Waals surface area contributed by atoms with Gasteiger partial charge in [0, 0.05) is 46.2 Å². The van der Waals surface area contributed by atoms with Crippen LogP contribution in [0.5, 0.6) is 0 Å². The number of hydrogen-bond acceptors (Lipinski definition) is 1. The Kier molecular flexibility index (Phi) is 4.53. The van der Waals surface area contributed by atoms with Crippen molar-refractivity contribution >= 4 is 38.9 Å². The van der Waals surface area contributed by atoms with Gasteiger partial charge in [0.05, 0.1) is 11.2 Å². The van der Waals surface area contributed by atoms with Crippen molar-refractivity contribution in [3.05, 3.63) is 126 Å². The van der Waals surface area contributed by atoms with Crippen molar-refractivity contribution in [2.24, 2.45) is 0 Å². The Morgan fingerprint density at radius 2 is 1.37 bits per heavy atom. The molecule has 5 aromatic carbocycles. The summed E-state index contributed by atoms with van der Waals surface area (Å²) in [6, 6.07) is 42.1. The van der Waals surface area contributed by atoms with Gasteiger partial charge in [0.25, 0.3) is 0 Å². The summed E-state index contributed by atoms with van der Waals surface area (Å²) in [5.41, 5.74) is 11.6. The van der Waals surface area contributed by atoms with E-state index >= 15 is 0 Å². The van der Waals surface area contributed by atoms with E-state index in [0.717, 1.165) is 13.0 Å². The number of aromatic nitrogens is 1. The fourth-order valence-electron chi connectivity index (χ4n) is 5.83. The number of para-hydroxylation sites is 4. The van der Waals surface area contributed by atoms with Crippen LogP contribution in [-0.4, -0.2) is 4.57 Å². The first-order valence-corrected chi connectivity index (χ1v) is 12.4. The first-order chi connectivity index (χ1) is 17.3. The lowest BCUT2D eigenvalue weighted by atomic mass is 9.92. The van der Waals surface area contributed by atoms with Crippen LogP contribution >= 0.6 is 0 Å². The Balaban J connectivity index is 1.48. The molecule has 1 aliphatic rings. The molecule has 0 N–H and O–H groups in total. The third-order valence-corrected chi connectivity index (χ3v) is 7.37. The molecule has 35 heavy (non-hydrogen) atoms. The predicted molar refractivity (Wildman–Crippen MR) is 148 cm³/mol. The second-order valence-electron chi connectivity index (χ2n) is 9.28. The predicted octanol–water partition coefficient (Wildman–Crippen LogP) is 8.86. The van der Waals surface area contributed by atoms with Gasteiger partial charge in [-0.25, -0.2) is 0 Å². The highest BCUT2D eigenvalue weighted by Crippen LogP contribution is 2.46. The molecule has 0 saturated carbocycles. The first-order valence-electron chi connectivity index (χ1n) is 12.4. The van der Waals surface area contributed by atoms with E-state index in [4.69, 9.17) is 0 Å². The van der Waals surface area contributed by atoms with Crippen LogP contribution in [-0.2, 0) is 13.0 Å². The summed E-state index contributed by atoms with van der Waals surface area (Å²) in [4.78, 5) is 2.42. The van der Waals surface area contributed by atoms with Gasteiger partial charge in [-0.1, -0.05) is 84.9 Å². The molecule has 0 unspecified atom stereocenters. The van der Waals surface area contributed by atoms with E-state index in [1.165, 1.54) is 61.1 Å². The molecule has 2 heterocycles. The van der Waals surface area contributed by atoms with Crippen LogP contribution in [0.1, 0.15) is 18.1 Å². The van der Waals surface area contributed by atoms with Crippen molar-refractivity contribution in [2.75, 3.05) is 4.90 Å². The number of benzene rings is 5. The van der Waals surface area contributed by atoms with Crippen LogP contribution in [0.4, 0.5) is 17.1 Å². The van der Waals surface area contributed by atoms with Crippen LogP contribution in [0.3, 0.4) is 0 Å². The monoisotopic (exact) mass is 450 g/mol. The van der Waals surface area contributed by atoms with Gasteiger partial charge >= 0.3 is 0 Å². The molecular formula is C33H26N2. The summed E-state index contributed by atoms with van der Waals surface area (Å²) in [6.07, 6.45) is 0.953. The zero-order valence-corrected chi connectivity index (χ0v) is 19.8. The third-order valence-electron chi connectivity index (χ3n) is 7.37. The molecule has 0 spiro atoms. The van der Waals surface area contributed by atoms with Crippen LogP contribution in [0, 0.1) is 0 Å². The zero-order valence-electron chi connectivity index (χ0n) is 19.8. The average molecular weight is 451 g/mol. The summed E-state index contributed by atoms with van der Waals surface area (Å²) in [6.45, 7) is 3.18. The van der Waals surface area contributed by atoms with Gasteiger partial charge in [-0.15, -0.1) is 0 Å². The molecule has 0 amide bonds. The average Bonchev–Trinajstić information content (AvgIpc) is 3.26. The van der Waals surface area contributed by atoms with E-state index in [0.29, 0.717) is 0 Å². The van der Waals surface area contributed by atoms with E-state index in [9.17, 15) is 0 Å². The molecule has 1 aliphatic heterocycles. The number of hydrogen-bond donors (Lipinski definition) is 0. The van der Waals surface area contributed by atoms with Crippen LogP contribution in [0.25, 0.3) is 32.9 Å². The van der Waals surface area contributed by atoms with Crippen molar-refractivity contribution in [1.29, 1.82) is 0 Å². The zero-order chi connectivity index (χ0) is 23.4. The number of fused-ring (bicyclic) bond motifs is 5. The molecule has 6 aromatic rings. The second-order valence-corrected chi connectivity index (χ2v) is 9.28. The van der Waals surface area contributed by atoms with E-state index in [2.05, 4.69) is 132 Å². The van der Waals surface area contributed by atoms with Gasteiger partial charge in [0.1, 0.15) is 0 Å². The lowest BCUT2D eigenvalue weighted by Crippen LogP contribution is -2.18. The summed E-state index contributed by atoms with van der Waals surface area (Å²) >= 11 is 0. The standard InChI is InChI=1S/C33H26N2/c1-2-34-31-18-9-7-14-28(31)29-16-10-15-27(33(29)34)23-19-20-25-21-24-11-6-8-17-30(24)35(32(25)22-23)26-12-4-3-5-13-26/h3-20,22H,2,21H2,1H3. The molecule has 0 atom stereocenters. The molecule has 2 heteroatoms. The topological polar surface area (TPSA) is 8.17 Å². The summed E-state index contributed by atoms with van der Waals surface area (Å²) in [7, 11) is 0. The molecule has 2 nitrogen and oxygen atoms in total. The Bertz CT molecular complexity index is 1710. The minimum atomic E-state index is 0.940. The fourth-order valence-corrected chi connectivity index (χ4v) is 5.83. The van der Waals surface area contributed by atoms with Gasteiger partial charge in [-0.2, -0.15) is 0 Å². The maximum absolute atomic E-state index is 2.46. The van der Waals surface area contributed by atoms with E-state index in [-0.39, 0.29) is 0 Å². The largest absolute Gasteiger partial charge is 0.340 e. The quantitative estimate of drug-likeness (QED) is 0.261. The highest BCUT2D eigenvalue weighted by Gasteiger charge is 2.24. The summed E-state index contributed by atoms with van der Waals surface area (Å²) in [5, 5.41) is 2.65. The van der Waals surface area contributed by atoms with Crippen molar-refractivity contribution in [1.82, 2.24) is 4.57 Å². The third kappa shape index (κ3) is 3.03. The second kappa shape index (κ2) is 7.89. The van der Waals surface area contributed by atoms with E-state index in [1.807, 2.05) is 0 Å². The molecule has 1 aromatic heterocycles. The molecular weight excluding hydrogens is 424 g/mol. The Morgan fingerprint density at radius 1 is 0.629 bits per heavy atom. The maximum Gasteiger partial charge on any atom is 0.0570 e. The first kappa shape index (κ1) is 20.1. The minimum absolute atomic E-state index is 0.940. The highest BCUT2D eigenvalue weighted by atomic mass is 15.2. The Labute approximate surface area is 205 Å². The molecule has 0 saturated heterocycles. The normalized spacial score (nSPS) is 12.7. The molecule has 0 bridgehead atoms. The van der Waals surface area contributed by atoms with Gasteiger partial charge in [0.15, 0.2) is 0 Å². The van der Waals surface area contributed by atoms with Crippen molar-refractivity contribution < 1.29 is 0 Å². The minimum Gasteiger partial charge on any atom is -0.340 e. The molecule has 168 valence electrons. The summed E-state index contributed by atoms with van der Waals surface area (Å²) < 4.78 is 2.46. The molecule has 7 rings (SSSR count). The Hall–Kier alpha value is -4.30. The Morgan fingerprint density at radius 3 is 2.26 bits per heavy atom. The number of rotatable bonds is 3. The number of anilines is 3.